The first kappa shape index (κ1) is 19.1. The van der Waals surface area contributed by atoms with Crippen molar-refractivity contribution in [3.05, 3.63) is 59.0 Å². The molecule has 6 nitrogen and oxygen atoms in total. The zero-order chi connectivity index (χ0) is 19.2. The lowest BCUT2D eigenvalue weighted by Gasteiger charge is -2.15. The molecule has 0 radical (unpaired) electrons. The van der Waals surface area contributed by atoms with E-state index in [4.69, 9.17) is 0 Å². The van der Waals surface area contributed by atoms with Crippen LogP contribution < -0.4 is 10.9 Å². The predicted molar refractivity (Wildman–Crippen MR) is 108 cm³/mol. The Morgan fingerprint density at radius 2 is 1.89 bits per heavy atom. The fourth-order valence-corrected chi connectivity index (χ4v) is 3.61. The van der Waals surface area contributed by atoms with E-state index >= 15 is 0 Å². The Morgan fingerprint density at radius 1 is 1.15 bits per heavy atom. The molecule has 0 atom stereocenters. The van der Waals surface area contributed by atoms with Crippen LogP contribution in [0.5, 0.6) is 0 Å². The Labute approximate surface area is 162 Å². The van der Waals surface area contributed by atoms with Gasteiger partial charge in [-0.15, -0.1) is 0 Å². The molecule has 0 saturated carbocycles. The quantitative estimate of drug-likeness (QED) is 0.502. The molecular weight excluding hydrogens is 360 g/mol. The zero-order valence-corrected chi connectivity index (χ0v) is 16.2. The molecule has 0 fully saturated rings. The van der Waals surface area contributed by atoms with E-state index in [2.05, 4.69) is 15.3 Å². The van der Waals surface area contributed by atoms with E-state index in [0.29, 0.717) is 21.9 Å². The fraction of sp³-hybridized carbons (Fsp3) is 0.300. The summed E-state index contributed by atoms with van der Waals surface area (Å²) in [6.45, 7) is 4.09. The number of nitrogens with zero attached hydrogens (tertiary/aromatic N) is 3. The van der Waals surface area contributed by atoms with Crippen LogP contribution in [0.3, 0.4) is 0 Å². The van der Waals surface area contributed by atoms with Crippen molar-refractivity contribution < 1.29 is 4.79 Å². The molecule has 0 unspecified atom stereocenters. The van der Waals surface area contributed by atoms with Gasteiger partial charge in [-0.3, -0.25) is 14.2 Å². The van der Waals surface area contributed by atoms with Gasteiger partial charge >= 0.3 is 0 Å². The summed E-state index contributed by atoms with van der Waals surface area (Å²) in [4.78, 5) is 34.1. The molecule has 1 amide bonds. The molecule has 0 spiro atoms. The van der Waals surface area contributed by atoms with Crippen molar-refractivity contribution in [1.29, 1.82) is 0 Å². The second-order valence-corrected chi connectivity index (χ2v) is 7.06. The maximum Gasteiger partial charge on any atom is 0.268 e. The molecule has 0 aliphatic heterocycles. The summed E-state index contributed by atoms with van der Waals surface area (Å²) in [5.74, 6) is 0.123. The Hall–Kier alpha value is -2.67. The minimum absolute atomic E-state index is 0.0660. The van der Waals surface area contributed by atoms with Gasteiger partial charge in [0.05, 0.1) is 16.8 Å². The van der Waals surface area contributed by atoms with E-state index in [9.17, 15) is 9.59 Å². The molecule has 1 N–H and O–H groups in total. The van der Waals surface area contributed by atoms with E-state index < -0.39 is 0 Å². The third-order valence-corrected chi connectivity index (χ3v) is 5.25. The number of carbonyl (C=O) groups excluding carboxylic acids is 1. The highest BCUT2D eigenvalue weighted by molar-refractivity contribution is 7.99. The predicted octanol–water partition coefficient (Wildman–Crippen LogP) is 3.18. The molecule has 27 heavy (non-hydrogen) atoms. The molecule has 3 rings (SSSR count). The topological polar surface area (TPSA) is 76.9 Å². The SMILES string of the molecule is CCC(CC)NC(=O)CSc1nc2ncccc2c(=O)n1-c1ccccc1. The minimum atomic E-state index is -0.192. The van der Waals surface area contributed by atoms with Crippen LogP contribution in [0.4, 0.5) is 0 Å². The summed E-state index contributed by atoms with van der Waals surface area (Å²) in [5, 5.41) is 3.91. The summed E-state index contributed by atoms with van der Waals surface area (Å²) in [6, 6.07) is 12.9. The maximum atomic E-state index is 13.0. The van der Waals surface area contributed by atoms with Crippen molar-refractivity contribution in [3.63, 3.8) is 0 Å². The molecule has 2 aromatic heterocycles. The highest BCUT2D eigenvalue weighted by Gasteiger charge is 2.16. The van der Waals surface area contributed by atoms with Gasteiger partial charge in [-0.1, -0.05) is 43.8 Å². The molecule has 0 aliphatic rings. The summed E-state index contributed by atoms with van der Waals surface area (Å²) < 4.78 is 1.54. The number of benzene rings is 1. The van der Waals surface area contributed by atoms with Crippen LogP contribution in [0, 0.1) is 0 Å². The lowest BCUT2D eigenvalue weighted by molar-refractivity contribution is -0.119. The molecule has 0 bridgehead atoms. The first-order valence-corrected chi connectivity index (χ1v) is 9.98. The number of aromatic nitrogens is 3. The van der Waals surface area contributed by atoms with Crippen LogP contribution >= 0.6 is 11.8 Å². The minimum Gasteiger partial charge on any atom is -0.353 e. The van der Waals surface area contributed by atoms with Crippen LogP contribution in [0.15, 0.2) is 58.6 Å². The first-order chi connectivity index (χ1) is 13.1. The van der Waals surface area contributed by atoms with Gasteiger partial charge in [0.15, 0.2) is 10.8 Å². The van der Waals surface area contributed by atoms with Crippen LogP contribution in [0.2, 0.25) is 0 Å². The van der Waals surface area contributed by atoms with Crippen LogP contribution in [0.25, 0.3) is 16.7 Å². The molecule has 3 aromatic rings. The van der Waals surface area contributed by atoms with E-state index in [1.54, 1.807) is 22.9 Å². The summed E-state index contributed by atoms with van der Waals surface area (Å²) in [7, 11) is 0. The largest absolute Gasteiger partial charge is 0.353 e. The highest BCUT2D eigenvalue weighted by atomic mass is 32.2. The molecular formula is C20H22N4O2S. The number of para-hydroxylation sites is 1. The van der Waals surface area contributed by atoms with E-state index in [-0.39, 0.29) is 23.3 Å². The monoisotopic (exact) mass is 382 g/mol. The molecule has 140 valence electrons. The van der Waals surface area contributed by atoms with Gasteiger partial charge in [0.2, 0.25) is 5.91 Å². The van der Waals surface area contributed by atoms with Crippen molar-refractivity contribution in [3.8, 4) is 5.69 Å². The number of thioether (sulfide) groups is 1. The molecule has 1 aromatic carbocycles. The number of nitrogens with one attached hydrogen (secondary N) is 1. The first-order valence-electron chi connectivity index (χ1n) is 8.99. The molecule has 0 aliphatic carbocycles. The van der Waals surface area contributed by atoms with Crippen molar-refractivity contribution in [2.24, 2.45) is 0 Å². The fourth-order valence-electron chi connectivity index (χ4n) is 2.79. The van der Waals surface area contributed by atoms with Crippen molar-refractivity contribution in [1.82, 2.24) is 19.9 Å². The number of rotatable bonds is 7. The van der Waals surface area contributed by atoms with Gasteiger partial charge in [0, 0.05) is 12.2 Å². The summed E-state index contributed by atoms with van der Waals surface area (Å²) in [5.41, 5.74) is 0.906. The Balaban J connectivity index is 1.96. The number of hydrogen-bond donors (Lipinski definition) is 1. The van der Waals surface area contributed by atoms with Crippen molar-refractivity contribution in [2.45, 2.75) is 37.9 Å². The van der Waals surface area contributed by atoms with Gasteiger partial charge in [0.25, 0.3) is 5.56 Å². The maximum absolute atomic E-state index is 13.0. The molecule has 7 heteroatoms. The Bertz CT molecular complexity index is 984. The van der Waals surface area contributed by atoms with E-state index in [0.717, 1.165) is 12.8 Å². The molecule has 2 heterocycles. The number of pyridine rings is 1. The van der Waals surface area contributed by atoms with Crippen molar-refractivity contribution >= 4 is 28.7 Å². The zero-order valence-electron chi connectivity index (χ0n) is 15.4. The van der Waals surface area contributed by atoms with Gasteiger partial charge in [-0.2, -0.15) is 0 Å². The summed E-state index contributed by atoms with van der Waals surface area (Å²) >= 11 is 1.24. The van der Waals surface area contributed by atoms with E-state index in [1.807, 2.05) is 44.2 Å². The third-order valence-electron chi connectivity index (χ3n) is 4.31. The van der Waals surface area contributed by atoms with Crippen molar-refractivity contribution in [2.75, 3.05) is 5.75 Å². The number of hydrogen-bond acceptors (Lipinski definition) is 5. The van der Waals surface area contributed by atoms with Gasteiger partial charge < -0.3 is 5.32 Å². The Kier molecular flexibility index (Phi) is 6.24. The van der Waals surface area contributed by atoms with Crippen LogP contribution in [-0.2, 0) is 4.79 Å². The number of carbonyl (C=O) groups is 1. The van der Waals surface area contributed by atoms with E-state index in [1.165, 1.54) is 11.8 Å². The lowest BCUT2D eigenvalue weighted by Crippen LogP contribution is -2.35. The van der Waals surface area contributed by atoms with Gasteiger partial charge in [0.1, 0.15) is 0 Å². The van der Waals surface area contributed by atoms with Gasteiger partial charge in [-0.25, -0.2) is 9.97 Å². The second kappa shape index (κ2) is 8.81. The average Bonchev–Trinajstić information content (AvgIpc) is 2.71. The number of amides is 1. The lowest BCUT2D eigenvalue weighted by atomic mass is 10.2. The number of fused-ring (bicyclic) bond motifs is 1. The highest BCUT2D eigenvalue weighted by Crippen LogP contribution is 2.20. The average molecular weight is 382 g/mol. The van der Waals surface area contributed by atoms with Crippen LogP contribution in [0.1, 0.15) is 26.7 Å². The van der Waals surface area contributed by atoms with Crippen LogP contribution in [-0.4, -0.2) is 32.2 Å². The smallest absolute Gasteiger partial charge is 0.268 e. The third kappa shape index (κ3) is 4.36. The normalized spacial score (nSPS) is 11.1. The Morgan fingerprint density at radius 3 is 2.59 bits per heavy atom. The second-order valence-electron chi connectivity index (χ2n) is 6.11. The standard InChI is InChI=1S/C20H22N4O2S/c1-3-14(4-2)22-17(25)13-27-20-23-18-16(11-8-12-21-18)19(26)24(20)15-9-6-5-7-10-15/h5-12,14H,3-4,13H2,1-2H3,(H,22,25). The van der Waals surface area contributed by atoms with Gasteiger partial charge in [-0.05, 0) is 37.1 Å². The molecule has 0 saturated heterocycles. The summed E-state index contributed by atoms with van der Waals surface area (Å²) in [6.07, 6.45) is 3.38.